The van der Waals surface area contributed by atoms with Crippen molar-refractivity contribution < 1.29 is 0 Å². The lowest BCUT2D eigenvalue weighted by Gasteiger charge is -2.39. The highest BCUT2D eigenvalue weighted by atomic mass is 35.5. The molecule has 152 valence electrons. The van der Waals surface area contributed by atoms with E-state index in [1.54, 1.807) is 11.3 Å². The van der Waals surface area contributed by atoms with Gasteiger partial charge in [0.25, 0.3) is 0 Å². The smallest absolute Gasteiger partial charge is 0.147 e. The van der Waals surface area contributed by atoms with E-state index in [4.69, 9.17) is 16.6 Å². The topological polar surface area (TPSA) is 44.8 Å². The first-order valence-corrected chi connectivity index (χ1v) is 11.5. The number of nitrogens with zero attached hydrogens (tertiary/aromatic N) is 3. The van der Waals surface area contributed by atoms with Gasteiger partial charge in [-0.25, -0.2) is 4.98 Å². The molecule has 0 aliphatic carbocycles. The Morgan fingerprint density at radius 1 is 1.13 bits per heavy atom. The van der Waals surface area contributed by atoms with Crippen molar-refractivity contribution in [1.29, 1.82) is 0 Å². The number of likely N-dealkylation sites (tertiary alicyclic amines) is 1. The Hall–Kier alpha value is -2.47. The molecule has 1 aliphatic heterocycles. The van der Waals surface area contributed by atoms with Crippen molar-refractivity contribution in [3.8, 4) is 21.1 Å². The lowest BCUT2D eigenvalue weighted by Crippen LogP contribution is -2.40. The number of hydrogen-bond donors (Lipinski definition) is 1. The minimum atomic E-state index is 0.188. The molecule has 1 unspecified atom stereocenters. The van der Waals surface area contributed by atoms with Crippen molar-refractivity contribution in [2.75, 3.05) is 13.1 Å². The molecule has 1 atom stereocenters. The van der Waals surface area contributed by atoms with Gasteiger partial charge in [-0.05, 0) is 59.9 Å². The summed E-state index contributed by atoms with van der Waals surface area (Å²) in [4.78, 5) is 17.4. The molecular formula is C24H23ClN4S. The monoisotopic (exact) mass is 434 g/mol. The molecule has 0 saturated carbocycles. The van der Waals surface area contributed by atoms with Crippen LogP contribution in [-0.4, -0.2) is 32.9 Å². The number of aryl methyl sites for hydroxylation is 1. The number of halogens is 1. The van der Waals surface area contributed by atoms with Gasteiger partial charge in [0.1, 0.15) is 5.82 Å². The summed E-state index contributed by atoms with van der Waals surface area (Å²) in [6.45, 7) is 4.35. The molecule has 3 aromatic heterocycles. The van der Waals surface area contributed by atoms with Gasteiger partial charge < -0.3 is 4.98 Å². The van der Waals surface area contributed by atoms with Crippen LogP contribution in [0, 0.1) is 0 Å². The van der Waals surface area contributed by atoms with E-state index in [0.717, 1.165) is 36.1 Å². The Morgan fingerprint density at radius 3 is 2.53 bits per heavy atom. The fourth-order valence-electron chi connectivity index (χ4n) is 3.94. The molecular weight excluding hydrogens is 412 g/mol. The third-order valence-electron chi connectivity index (χ3n) is 5.69. The van der Waals surface area contributed by atoms with Gasteiger partial charge in [-0.15, -0.1) is 11.3 Å². The van der Waals surface area contributed by atoms with E-state index in [2.05, 4.69) is 52.1 Å². The fourth-order valence-corrected chi connectivity index (χ4v) is 5.21. The maximum Gasteiger partial charge on any atom is 0.147 e. The Bertz CT molecular complexity index is 1130. The van der Waals surface area contributed by atoms with E-state index in [1.165, 1.54) is 32.9 Å². The van der Waals surface area contributed by atoms with Crippen LogP contribution in [0.15, 0.2) is 61.1 Å². The molecule has 5 rings (SSSR count). The van der Waals surface area contributed by atoms with E-state index >= 15 is 0 Å². The van der Waals surface area contributed by atoms with Crippen molar-refractivity contribution in [2.45, 2.75) is 25.8 Å². The Labute approximate surface area is 185 Å². The van der Waals surface area contributed by atoms with Crippen molar-refractivity contribution in [3.05, 3.63) is 82.9 Å². The van der Waals surface area contributed by atoms with E-state index in [0.29, 0.717) is 0 Å². The predicted octanol–water partition coefficient (Wildman–Crippen LogP) is 6.21. The van der Waals surface area contributed by atoms with Gasteiger partial charge in [-0.3, -0.25) is 9.88 Å². The number of nitrogens with one attached hydrogen (secondary N) is 1. The van der Waals surface area contributed by atoms with E-state index < -0.39 is 0 Å². The van der Waals surface area contributed by atoms with Crippen LogP contribution in [0.1, 0.15) is 36.2 Å². The van der Waals surface area contributed by atoms with E-state index in [1.807, 2.05) is 30.7 Å². The molecule has 0 amide bonds. The van der Waals surface area contributed by atoms with Crippen LogP contribution in [0.2, 0.25) is 5.02 Å². The second kappa shape index (κ2) is 8.34. The lowest BCUT2D eigenvalue weighted by molar-refractivity contribution is 0.141. The molecule has 0 spiro atoms. The molecule has 30 heavy (non-hydrogen) atoms. The number of hydrogen-bond acceptors (Lipinski definition) is 4. The maximum atomic E-state index is 6.19. The van der Waals surface area contributed by atoms with E-state index in [9.17, 15) is 0 Å². The average molecular weight is 435 g/mol. The first kappa shape index (κ1) is 19.5. The summed E-state index contributed by atoms with van der Waals surface area (Å²) in [5, 5.41) is 0.766. The third-order valence-corrected chi connectivity index (χ3v) is 7.14. The molecule has 1 aliphatic rings. The fraction of sp³-hybridized carbons (Fsp3) is 0.250. The molecule has 1 fully saturated rings. The second-order valence-corrected chi connectivity index (χ2v) is 9.07. The highest BCUT2D eigenvalue weighted by molar-refractivity contribution is 7.19. The largest absolute Gasteiger partial charge is 0.341 e. The molecule has 0 bridgehead atoms. The quantitative estimate of drug-likeness (QED) is 0.392. The van der Waals surface area contributed by atoms with Gasteiger partial charge in [0.05, 0.1) is 10.9 Å². The van der Waals surface area contributed by atoms with Gasteiger partial charge in [0.2, 0.25) is 0 Å². The summed E-state index contributed by atoms with van der Waals surface area (Å²) in [6, 6.07) is 14.9. The lowest BCUT2D eigenvalue weighted by atomic mass is 9.94. The Morgan fingerprint density at radius 2 is 1.90 bits per heavy atom. The number of benzene rings is 1. The number of H-pyrrole nitrogens is 1. The minimum Gasteiger partial charge on any atom is -0.341 e. The van der Waals surface area contributed by atoms with Crippen LogP contribution >= 0.6 is 22.9 Å². The second-order valence-electron chi connectivity index (χ2n) is 7.59. The van der Waals surface area contributed by atoms with Crippen molar-refractivity contribution in [3.63, 3.8) is 0 Å². The Balaban J connectivity index is 1.67. The van der Waals surface area contributed by atoms with Crippen molar-refractivity contribution >= 4 is 22.9 Å². The Kier molecular flexibility index (Phi) is 5.42. The predicted molar refractivity (Wildman–Crippen MR) is 124 cm³/mol. The summed E-state index contributed by atoms with van der Waals surface area (Å²) < 4.78 is 0. The number of pyridine rings is 1. The first-order valence-electron chi connectivity index (χ1n) is 10.3. The van der Waals surface area contributed by atoms with Gasteiger partial charge in [0, 0.05) is 47.3 Å². The molecule has 6 heteroatoms. The van der Waals surface area contributed by atoms with Crippen LogP contribution in [-0.2, 0) is 6.42 Å². The maximum absolute atomic E-state index is 6.19. The number of imidazole rings is 1. The summed E-state index contributed by atoms with van der Waals surface area (Å²) in [5.41, 5.74) is 4.90. The van der Waals surface area contributed by atoms with Crippen LogP contribution in [0.5, 0.6) is 0 Å². The SMILES string of the molecule is CCc1cnc(-c2sc(-c3ccncc3)cc2C(c2ccc(Cl)cc2)N2CCC2)[nH]1. The number of aromatic nitrogens is 3. The zero-order valence-corrected chi connectivity index (χ0v) is 18.4. The highest BCUT2D eigenvalue weighted by Crippen LogP contribution is 2.44. The molecule has 4 heterocycles. The number of thiophene rings is 1. The van der Waals surface area contributed by atoms with Crippen LogP contribution in [0.25, 0.3) is 21.1 Å². The minimum absolute atomic E-state index is 0.188. The molecule has 1 aromatic carbocycles. The zero-order chi connectivity index (χ0) is 20.5. The van der Waals surface area contributed by atoms with Crippen LogP contribution in [0.4, 0.5) is 0 Å². The molecule has 1 N–H and O–H groups in total. The van der Waals surface area contributed by atoms with Crippen molar-refractivity contribution in [1.82, 2.24) is 19.9 Å². The van der Waals surface area contributed by atoms with Gasteiger partial charge >= 0.3 is 0 Å². The standard InChI is InChI=1S/C24H23ClN4S/c1-2-19-15-27-24(28-19)23-20(14-21(30-23)16-8-10-26-11-9-16)22(29-12-3-13-29)17-4-6-18(25)7-5-17/h4-11,14-15,22H,2-3,12-13H2,1H3,(H,27,28). The van der Waals surface area contributed by atoms with Gasteiger partial charge in [-0.2, -0.15) is 0 Å². The van der Waals surface area contributed by atoms with Gasteiger partial charge in [0.15, 0.2) is 0 Å². The summed E-state index contributed by atoms with van der Waals surface area (Å²) in [6.07, 6.45) is 7.83. The van der Waals surface area contributed by atoms with Crippen LogP contribution in [0.3, 0.4) is 0 Å². The highest BCUT2D eigenvalue weighted by Gasteiger charge is 2.31. The molecule has 4 aromatic rings. The number of rotatable bonds is 6. The zero-order valence-electron chi connectivity index (χ0n) is 16.8. The molecule has 1 saturated heterocycles. The average Bonchev–Trinajstić information content (AvgIpc) is 3.39. The molecule has 0 radical (unpaired) electrons. The number of aromatic amines is 1. The summed E-state index contributed by atoms with van der Waals surface area (Å²) in [7, 11) is 0. The van der Waals surface area contributed by atoms with Crippen LogP contribution < -0.4 is 0 Å². The third kappa shape index (κ3) is 3.69. The summed E-state index contributed by atoms with van der Waals surface area (Å²) >= 11 is 7.98. The summed E-state index contributed by atoms with van der Waals surface area (Å²) in [5.74, 6) is 0.951. The normalized spacial score (nSPS) is 15.1. The molecule has 4 nitrogen and oxygen atoms in total. The van der Waals surface area contributed by atoms with E-state index in [-0.39, 0.29) is 6.04 Å². The van der Waals surface area contributed by atoms with Gasteiger partial charge in [-0.1, -0.05) is 30.7 Å². The first-order chi connectivity index (χ1) is 14.7. The van der Waals surface area contributed by atoms with Crippen molar-refractivity contribution in [2.24, 2.45) is 0 Å².